The molecule has 0 N–H and O–H groups in total. The van der Waals surface area contributed by atoms with Crippen LogP contribution in [0.1, 0.15) is 47.5 Å². The minimum atomic E-state index is -2.42. The number of urea groups is 1. The third-order valence-electron chi connectivity index (χ3n) is 5.78. The maximum absolute atomic E-state index is 13.3. The van der Waals surface area contributed by atoms with E-state index in [-0.39, 0.29) is 17.4 Å². The van der Waals surface area contributed by atoms with Crippen LogP contribution in [0.15, 0.2) is 0 Å². The molecule has 0 bridgehead atoms. The van der Waals surface area contributed by atoms with Gasteiger partial charge in [0.2, 0.25) is 0 Å². The van der Waals surface area contributed by atoms with Gasteiger partial charge < -0.3 is 27.5 Å². The van der Waals surface area contributed by atoms with Crippen LogP contribution in [0.3, 0.4) is 0 Å². The lowest BCUT2D eigenvalue weighted by molar-refractivity contribution is 0.0400. The summed E-state index contributed by atoms with van der Waals surface area (Å²) in [5, 5.41) is 0. The van der Waals surface area contributed by atoms with Crippen molar-refractivity contribution in [2.75, 3.05) is 39.5 Å². The van der Waals surface area contributed by atoms with Gasteiger partial charge in [-0.2, -0.15) is 0 Å². The number of amides is 2. The SMILES string of the molecule is CCO[Si](C)(OCC)C1CCN1C(=O)N1CCC1[Si](CC)(OCC)OCC. The molecule has 0 spiro atoms. The fourth-order valence-electron chi connectivity index (χ4n) is 4.37. The normalized spacial score (nSPS) is 23.2. The Morgan fingerprint density at radius 1 is 0.815 bits per heavy atom. The van der Waals surface area contributed by atoms with Crippen molar-refractivity contribution in [3.05, 3.63) is 0 Å². The van der Waals surface area contributed by atoms with Crippen LogP contribution in [0.2, 0.25) is 12.6 Å². The van der Waals surface area contributed by atoms with Gasteiger partial charge in [-0.3, -0.25) is 0 Å². The molecule has 158 valence electrons. The van der Waals surface area contributed by atoms with Crippen LogP contribution < -0.4 is 0 Å². The quantitative estimate of drug-likeness (QED) is 0.483. The molecule has 2 unspecified atom stereocenters. The van der Waals surface area contributed by atoms with Gasteiger partial charge in [-0.15, -0.1) is 0 Å². The summed E-state index contributed by atoms with van der Waals surface area (Å²) in [4.78, 5) is 17.3. The predicted molar refractivity (Wildman–Crippen MR) is 110 cm³/mol. The molecule has 2 amide bonds. The van der Waals surface area contributed by atoms with Crippen LogP contribution in [0.25, 0.3) is 0 Å². The maximum Gasteiger partial charge on any atom is 0.361 e. The van der Waals surface area contributed by atoms with Crippen LogP contribution in [0.5, 0.6) is 0 Å². The Morgan fingerprint density at radius 2 is 1.26 bits per heavy atom. The van der Waals surface area contributed by atoms with Crippen LogP contribution in [0, 0.1) is 0 Å². The average Bonchev–Trinajstić information content (AvgIpc) is 2.53. The van der Waals surface area contributed by atoms with E-state index in [9.17, 15) is 4.79 Å². The van der Waals surface area contributed by atoms with Crippen LogP contribution >= 0.6 is 0 Å². The molecule has 27 heavy (non-hydrogen) atoms. The second-order valence-electron chi connectivity index (χ2n) is 7.19. The number of rotatable bonds is 11. The lowest BCUT2D eigenvalue weighted by Gasteiger charge is -2.54. The van der Waals surface area contributed by atoms with Crippen molar-refractivity contribution in [2.45, 2.75) is 71.4 Å². The molecular formula is C18H38N2O5Si2. The fourth-order valence-corrected chi connectivity index (χ4v) is 11.1. The third-order valence-corrected chi connectivity index (χ3v) is 13.5. The number of carbonyl (C=O) groups is 1. The largest absolute Gasteiger partial charge is 0.393 e. The van der Waals surface area contributed by atoms with E-state index in [1.807, 2.05) is 37.5 Å². The summed E-state index contributed by atoms with van der Waals surface area (Å²) in [5.41, 5.74) is 0.186. The first kappa shape index (κ1) is 22.8. The Labute approximate surface area is 166 Å². The van der Waals surface area contributed by atoms with E-state index in [4.69, 9.17) is 17.7 Å². The Morgan fingerprint density at radius 3 is 1.59 bits per heavy atom. The first-order valence-electron chi connectivity index (χ1n) is 10.6. The van der Waals surface area contributed by atoms with Crippen molar-refractivity contribution in [3.8, 4) is 0 Å². The summed E-state index contributed by atoms with van der Waals surface area (Å²) in [6.07, 6.45) is 1.93. The lowest BCUT2D eigenvalue weighted by Crippen LogP contribution is -2.74. The molecule has 0 aliphatic carbocycles. The highest BCUT2D eigenvalue weighted by atomic mass is 28.4. The van der Waals surface area contributed by atoms with Gasteiger partial charge in [0.25, 0.3) is 0 Å². The van der Waals surface area contributed by atoms with Gasteiger partial charge in [0.1, 0.15) is 0 Å². The molecule has 2 aliphatic rings. The molecule has 0 saturated carbocycles. The van der Waals surface area contributed by atoms with Gasteiger partial charge in [-0.05, 0) is 53.1 Å². The van der Waals surface area contributed by atoms with Crippen molar-refractivity contribution < 1.29 is 22.5 Å². The highest BCUT2D eigenvalue weighted by Crippen LogP contribution is 2.36. The van der Waals surface area contributed by atoms with E-state index in [1.54, 1.807) is 0 Å². The van der Waals surface area contributed by atoms with Crippen molar-refractivity contribution in [3.63, 3.8) is 0 Å². The third kappa shape index (κ3) is 4.43. The molecule has 9 heteroatoms. The van der Waals surface area contributed by atoms with E-state index < -0.39 is 17.1 Å². The molecule has 0 aromatic carbocycles. The zero-order valence-corrected chi connectivity index (χ0v) is 20.0. The Hall–Kier alpha value is -0.456. The van der Waals surface area contributed by atoms with E-state index in [0.717, 1.165) is 32.0 Å². The molecule has 2 atom stereocenters. The van der Waals surface area contributed by atoms with E-state index in [1.165, 1.54) is 0 Å². The summed E-state index contributed by atoms with van der Waals surface area (Å²) < 4.78 is 24.4. The first-order chi connectivity index (χ1) is 12.9. The smallest absolute Gasteiger partial charge is 0.361 e. The Kier molecular flexibility index (Phi) is 8.32. The molecule has 0 radical (unpaired) electrons. The zero-order valence-electron chi connectivity index (χ0n) is 18.0. The monoisotopic (exact) mass is 418 g/mol. The summed E-state index contributed by atoms with van der Waals surface area (Å²) in [7, 11) is -4.82. The van der Waals surface area contributed by atoms with Crippen LogP contribution in [-0.4, -0.2) is 83.8 Å². The van der Waals surface area contributed by atoms with Gasteiger partial charge in [0, 0.05) is 39.5 Å². The van der Waals surface area contributed by atoms with Gasteiger partial charge in [0.05, 0.1) is 11.3 Å². The number of hydrogen-bond acceptors (Lipinski definition) is 5. The molecule has 2 rings (SSSR count). The van der Waals surface area contributed by atoms with E-state index in [0.29, 0.717) is 26.4 Å². The summed E-state index contributed by atoms with van der Waals surface area (Å²) in [5.74, 6) is 0. The second kappa shape index (κ2) is 9.84. The number of likely N-dealkylation sites (tertiary alicyclic amines) is 2. The molecule has 2 aliphatic heterocycles. The van der Waals surface area contributed by atoms with E-state index >= 15 is 0 Å². The van der Waals surface area contributed by atoms with Crippen molar-refractivity contribution >= 4 is 23.2 Å². The van der Waals surface area contributed by atoms with Crippen LogP contribution in [0.4, 0.5) is 4.79 Å². The minimum Gasteiger partial charge on any atom is -0.393 e. The van der Waals surface area contributed by atoms with Crippen LogP contribution in [-0.2, 0) is 17.7 Å². The Balaban J connectivity index is 2.12. The second-order valence-corrected chi connectivity index (χ2v) is 14.0. The number of carbonyl (C=O) groups excluding carboxylic acids is 1. The standard InChI is InChI=1S/C18H38N2O5Si2/c1-7-22-26(6,23-8-2)16-12-14-19(16)18(21)20-15-13-17(20)27(11-5,24-9-3)25-10-4/h16-17H,7-15H2,1-6H3. The molecule has 2 saturated heterocycles. The molecule has 7 nitrogen and oxygen atoms in total. The molecule has 0 aromatic rings. The summed E-state index contributed by atoms with van der Waals surface area (Å²) in [6, 6.07) is 0.960. The van der Waals surface area contributed by atoms with Gasteiger partial charge in [0.15, 0.2) is 0 Å². The molecule has 0 aromatic heterocycles. The zero-order chi connectivity index (χ0) is 20.1. The topological polar surface area (TPSA) is 60.5 Å². The van der Waals surface area contributed by atoms with Crippen molar-refractivity contribution in [1.29, 1.82) is 0 Å². The maximum atomic E-state index is 13.3. The summed E-state index contributed by atoms with van der Waals surface area (Å²) in [6.45, 7) is 16.3. The van der Waals surface area contributed by atoms with Gasteiger partial charge in [-0.25, -0.2) is 4.79 Å². The van der Waals surface area contributed by atoms with Gasteiger partial charge in [-0.1, -0.05) is 6.92 Å². The lowest BCUT2D eigenvalue weighted by atomic mass is 10.2. The molecule has 2 fully saturated rings. The van der Waals surface area contributed by atoms with Crippen molar-refractivity contribution in [2.24, 2.45) is 0 Å². The molecule has 2 heterocycles. The van der Waals surface area contributed by atoms with Gasteiger partial charge >= 0.3 is 23.2 Å². The molecular weight excluding hydrogens is 380 g/mol. The number of nitrogens with zero attached hydrogens (tertiary/aromatic N) is 2. The highest BCUT2D eigenvalue weighted by Gasteiger charge is 2.57. The average molecular weight is 419 g/mol. The van der Waals surface area contributed by atoms with E-state index in [2.05, 4.69) is 13.5 Å². The number of hydrogen-bond donors (Lipinski definition) is 0. The Bertz CT molecular complexity index is 484. The van der Waals surface area contributed by atoms with Crippen molar-refractivity contribution in [1.82, 2.24) is 9.80 Å². The minimum absolute atomic E-state index is 0.0861. The predicted octanol–water partition coefficient (Wildman–Crippen LogP) is 3.01. The highest BCUT2D eigenvalue weighted by molar-refractivity contribution is 6.69. The first-order valence-corrected chi connectivity index (χ1v) is 15.0. The summed E-state index contributed by atoms with van der Waals surface area (Å²) >= 11 is 0. The fraction of sp³-hybridized carbons (Fsp3) is 0.944.